The van der Waals surface area contributed by atoms with Gasteiger partial charge in [0.1, 0.15) is 0 Å². The largest absolute Gasteiger partial charge is 0.433 e. The molecule has 0 atom stereocenters. The van der Waals surface area contributed by atoms with Crippen molar-refractivity contribution in [3.63, 3.8) is 0 Å². The molecule has 0 unspecified atom stereocenters. The van der Waals surface area contributed by atoms with Crippen LogP contribution in [0.4, 0.5) is 13.2 Å². The maximum Gasteiger partial charge on any atom is 0.433 e. The molecular weight excluding hydrogens is 311 g/mol. The Balaban J connectivity index is 2.66. The van der Waals surface area contributed by atoms with Crippen molar-refractivity contribution < 1.29 is 13.2 Å². The van der Waals surface area contributed by atoms with Crippen molar-refractivity contribution in [3.8, 4) is 5.69 Å². The summed E-state index contributed by atoms with van der Waals surface area (Å²) in [6, 6.07) is 6.56. The molecule has 0 aliphatic heterocycles. The molecule has 0 radical (unpaired) electrons. The first-order chi connectivity index (χ1) is 8.45. The summed E-state index contributed by atoms with van der Waals surface area (Å²) in [6.45, 7) is -0.209. The Labute approximate surface area is 110 Å². The molecule has 0 saturated heterocycles. The maximum atomic E-state index is 13.0. The van der Waals surface area contributed by atoms with Gasteiger partial charge in [-0.25, -0.2) is 4.68 Å². The highest BCUT2D eigenvalue weighted by Crippen LogP contribution is 2.34. The summed E-state index contributed by atoms with van der Waals surface area (Å²) in [5.41, 5.74) is 4.77. The molecule has 1 heterocycles. The van der Waals surface area contributed by atoms with Gasteiger partial charge in [-0.2, -0.15) is 18.3 Å². The molecule has 7 heteroatoms. The highest BCUT2D eigenvalue weighted by Gasteiger charge is 2.38. The van der Waals surface area contributed by atoms with Gasteiger partial charge in [0.2, 0.25) is 0 Å². The van der Waals surface area contributed by atoms with Gasteiger partial charge in [-0.1, -0.05) is 12.1 Å². The van der Waals surface area contributed by atoms with Crippen LogP contribution in [0.5, 0.6) is 0 Å². The van der Waals surface area contributed by atoms with Gasteiger partial charge in [0, 0.05) is 16.6 Å². The zero-order chi connectivity index (χ0) is 13.3. The summed E-state index contributed by atoms with van der Waals surface area (Å²) in [4.78, 5) is 0. The smallest absolute Gasteiger partial charge is 0.326 e. The maximum absolute atomic E-state index is 13.0. The highest BCUT2D eigenvalue weighted by molar-refractivity contribution is 9.10. The number of hydrogen-bond donors (Lipinski definition) is 1. The summed E-state index contributed by atoms with van der Waals surface area (Å²) in [7, 11) is 0. The van der Waals surface area contributed by atoms with E-state index in [1.165, 1.54) is 0 Å². The van der Waals surface area contributed by atoms with Crippen molar-refractivity contribution >= 4 is 15.9 Å². The van der Waals surface area contributed by atoms with E-state index in [0.29, 0.717) is 10.2 Å². The third-order valence-corrected chi connectivity index (χ3v) is 3.08. The Morgan fingerprint density at radius 2 is 1.94 bits per heavy atom. The molecule has 1 aromatic carbocycles. The topological polar surface area (TPSA) is 43.8 Å². The Morgan fingerprint density at radius 3 is 2.50 bits per heavy atom. The molecule has 2 aromatic rings. The van der Waals surface area contributed by atoms with Crippen LogP contribution < -0.4 is 5.73 Å². The SMILES string of the molecule is NCc1cnn(-c2ccccc2Br)c1C(F)(F)F. The summed E-state index contributed by atoms with van der Waals surface area (Å²) in [5, 5.41) is 3.77. The fraction of sp³-hybridized carbons (Fsp3) is 0.182. The van der Waals surface area contributed by atoms with Gasteiger partial charge in [-0.15, -0.1) is 0 Å². The minimum absolute atomic E-state index is 0.0294. The van der Waals surface area contributed by atoms with E-state index in [1.54, 1.807) is 24.3 Å². The fourth-order valence-electron chi connectivity index (χ4n) is 1.64. The van der Waals surface area contributed by atoms with Crippen LogP contribution in [-0.4, -0.2) is 9.78 Å². The quantitative estimate of drug-likeness (QED) is 0.924. The highest BCUT2D eigenvalue weighted by atomic mass is 79.9. The summed E-state index contributed by atoms with van der Waals surface area (Å²) in [6.07, 6.45) is -3.36. The monoisotopic (exact) mass is 319 g/mol. The van der Waals surface area contributed by atoms with Crippen LogP contribution in [0.3, 0.4) is 0 Å². The molecule has 1 aromatic heterocycles. The van der Waals surface area contributed by atoms with E-state index in [-0.39, 0.29) is 12.1 Å². The Morgan fingerprint density at radius 1 is 1.28 bits per heavy atom. The minimum Gasteiger partial charge on any atom is -0.326 e. The lowest BCUT2D eigenvalue weighted by Crippen LogP contribution is -2.17. The van der Waals surface area contributed by atoms with E-state index in [9.17, 15) is 13.2 Å². The lowest BCUT2D eigenvalue weighted by atomic mass is 10.2. The van der Waals surface area contributed by atoms with E-state index in [4.69, 9.17) is 5.73 Å². The van der Waals surface area contributed by atoms with Crippen molar-refractivity contribution in [3.05, 3.63) is 46.2 Å². The molecule has 18 heavy (non-hydrogen) atoms. The van der Waals surface area contributed by atoms with Crippen molar-refractivity contribution in [2.24, 2.45) is 5.73 Å². The van der Waals surface area contributed by atoms with Gasteiger partial charge in [0.05, 0.1) is 11.9 Å². The molecule has 0 bridgehead atoms. The van der Waals surface area contributed by atoms with E-state index in [1.807, 2.05) is 0 Å². The first-order valence-electron chi connectivity index (χ1n) is 5.04. The van der Waals surface area contributed by atoms with Crippen molar-refractivity contribution in [2.75, 3.05) is 0 Å². The minimum atomic E-state index is -4.50. The van der Waals surface area contributed by atoms with Crippen LogP contribution in [0.25, 0.3) is 5.69 Å². The predicted octanol–water partition coefficient (Wildman–Crippen LogP) is 3.11. The molecule has 0 aliphatic carbocycles. The number of nitrogens with two attached hydrogens (primary N) is 1. The number of nitrogens with zero attached hydrogens (tertiary/aromatic N) is 2. The van der Waals surface area contributed by atoms with Crippen LogP contribution in [0, 0.1) is 0 Å². The number of aromatic nitrogens is 2. The molecular formula is C11H9BrF3N3. The lowest BCUT2D eigenvalue weighted by molar-refractivity contribution is -0.143. The van der Waals surface area contributed by atoms with Crippen LogP contribution in [0.1, 0.15) is 11.3 Å². The zero-order valence-electron chi connectivity index (χ0n) is 9.08. The van der Waals surface area contributed by atoms with E-state index in [2.05, 4.69) is 21.0 Å². The molecule has 0 fully saturated rings. The Bertz CT molecular complexity index is 563. The zero-order valence-corrected chi connectivity index (χ0v) is 10.7. The second-order valence-corrected chi connectivity index (χ2v) is 4.44. The van der Waals surface area contributed by atoms with Crippen molar-refractivity contribution in [1.82, 2.24) is 9.78 Å². The predicted molar refractivity (Wildman–Crippen MR) is 64.2 cm³/mol. The Hall–Kier alpha value is -1.34. The number of benzene rings is 1. The van der Waals surface area contributed by atoms with Crippen molar-refractivity contribution in [2.45, 2.75) is 12.7 Å². The summed E-state index contributed by atoms with van der Waals surface area (Å²) in [5.74, 6) is 0. The number of alkyl halides is 3. The summed E-state index contributed by atoms with van der Waals surface area (Å²) < 4.78 is 40.4. The second kappa shape index (κ2) is 4.74. The third-order valence-electron chi connectivity index (χ3n) is 2.41. The third kappa shape index (κ3) is 2.28. The first kappa shape index (κ1) is 13.1. The van der Waals surface area contributed by atoms with Gasteiger partial charge >= 0.3 is 6.18 Å². The summed E-state index contributed by atoms with van der Waals surface area (Å²) >= 11 is 3.21. The van der Waals surface area contributed by atoms with Crippen LogP contribution in [0.2, 0.25) is 0 Å². The normalized spacial score (nSPS) is 11.8. The molecule has 0 spiro atoms. The molecule has 0 saturated carbocycles. The molecule has 96 valence electrons. The average Bonchev–Trinajstić information content (AvgIpc) is 2.73. The van der Waals surface area contributed by atoms with Crippen molar-refractivity contribution in [1.29, 1.82) is 0 Å². The number of halogens is 4. The second-order valence-electron chi connectivity index (χ2n) is 3.58. The molecule has 2 N–H and O–H groups in total. The van der Waals surface area contributed by atoms with Gasteiger partial charge in [0.15, 0.2) is 5.69 Å². The van der Waals surface area contributed by atoms with Crippen LogP contribution >= 0.6 is 15.9 Å². The lowest BCUT2D eigenvalue weighted by Gasteiger charge is -2.13. The number of rotatable bonds is 2. The first-order valence-corrected chi connectivity index (χ1v) is 5.83. The molecule has 2 rings (SSSR count). The van der Waals surface area contributed by atoms with Gasteiger partial charge in [0.25, 0.3) is 0 Å². The van der Waals surface area contributed by atoms with E-state index < -0.39 is 11.9 Å². The number of hydrogen-bond acceptors (Lipinski definition) is 2. The number of para-hydroxylation sites is 1. The van der Waals surface area contributed by atoms with Gasteiger partial charge in [-0.3, -0.25) is 0 Å². The molecule has 0 aliphatic rings. The van der Waals surface area contributed by atoms with Crippen LogP contribution in [-0.2, 0) is 12.7 Å². The van der Waals surface area contributed by atoms with E-state index in [0.717, 1.165) is 10.9 Å². The molecule has 3 nitrogen and oxygen atoms in total. The van der Waals surface area contributed by atoms with Gasteiger partial charge < -0.3 is 5.73 Å². The standard InChI is InChI=1S/C11H9BrF3N3/c12-8-3-1-2-4-9(8)18-10(11(13,14)15)7(5-16)6-17-18/h1-4,6H,5,16H2. The molecule has 0 amide bonds. The Kier molecular flexibility index (Phi) is 3.45. The average molecular weight is 320 g/mol. The van der Waals surface area contributed by atoms with Gasteiger partial charge in [-0.05, 0) is 28.1 Å². The van der Waals surface area contributed by atoms with E-state index >= 15 is 0 Å². The van der Waals surface area contributed by atoms with Crippen LogP contribution in [0.15, 0.2) is 34.9 Å². The fourth-order valence-corrected chi connectivity index (χ4v) is 2.09.